The Bertz CT molecular complexity index is 797. The largest absolute Gasteiger partial charge is 0.432 e. The average molecular weight is 310 g/mol. The predicted octanol–water partition coefficient (Wildman–Crippen LogP) is 3.97. The first-order valence-corrected chi connectivity index (χ1v) is 7.21. The van der Waals surface area contributed by atoms with Gasteiger partial charge in [-0.05, 0) is 36.8 Å². The lowest BCUT2D eigenvalue weighted by Crippen LogP contribution is -2.26. The summed E-state index contributed by atoms with van der Waals surface area (Å²) in [7, 11) is 0. The molecule has 1 heterocycles. The zero-order valence-corrected chi connectivity index (χ0v) is 12.5. The molecule has 0 saturated heterocycles. The second kappa shape index (κ2) is 6.44. The van der Waals surface area contributed by atoms with E-state index in [-0.39, 0.29) is 17.7 Å². The lowest BCUT2D eigenvalue weighted by Gasteiger charge is -2.12. The van der Waals surface area contributed by atoms with Crippen LogP contribution in [0.25, 0.3) is 11.3 Å². The minimum Gasteiger partial charge on any atom is -0.432 e. The Labute approximate surface area is 133 Å². The number of hydrogen-bond donors (Lipinski definition) is 1. The Balaban J connectivity index is 1.72. The van der Waals surface area contributed by atoms with Crippen LogP contribution in [-0.2, 0) is 0 Å². The van der Waals surface area contributed by atoms with Crippen molar-refractivity contribution >= 4 is 5.91 Å². The number of rotatable bonds is 4. The van der Waals surface area contributed by atoms with E-state index >= 15 is 0 Å². The number of oxazole rings is 1. The van der Waals surface area contributed by atoms with E-state index in [0.717, 1.165) is 5.56 Å². The highest BCUT2D eigenvalue weighted by atomic mass is 19.1. The third-order valence-electron chi connectivity index (χ3n) is 3.48. The van der Waals surface area contributed by atoms with Crippen molar-refractivity contribution in [3.8, 4) is 11.3 Å². The Morgan fingerprint density at radius 3 is 2.52 bits per heavy atom. The van der Waals surface area contributed by atoms with E-state index in [1.807, 2.05) is 37.3 Å². The first kappa shape index (κ1) is 15.0. The van der Waals surface area contributed by atoms with Crippen LogP contribution in [0.3, 0.4) is 0 Å². The van der Waals surface area contributed by atoms with Gasteiger partial charge in [-0.25, -0.2) is 9.37 Å². The van der Waals surface area contributed by atoms with Crippen LogP contribution in [0.15, 0.2) is 65.2 Å². The van der Waals surface area contributed by atoms with Crippen molar-refractivity contribution in [1.29, 1.82) is 0 Å². The number of halogens is 1. The first-order chi connectivity index (χ1) is 11.1. The summed E-state index contributed by atoms with van der Waals surface area (Å²) < 4.78 is 18.4. The molecule has 5 heteroatoms. The Morgan fingerprint density at radius 1 is 1.13 bits per heavy atom. The molecule has 0 aliphatic rings. The number of hydrogen-bond acceptors (Lipinski definition) is 3. The van der Waals surface area contributed by atoms with Crippen molar-refractivity contribution in [2.45, 2.75) is 13.0 Å². The van der Waals surface area contributed by atoms with Gasteiger partial charge < -0.3 is 9.73 Å². The molecule has 3 rings (SSSR count). The minimum absolute atomic E-state index is 0.0212. The van der Waals surface area contributed by atoms with Crippen molar-refractivity contribution in [2.24, 2.45) is 0 Å². The van der Waals surface area contributed by atoms with E-state index in [2.05, 4.69) is 10.3 Å². The number of nitrogens with one attached hydrogen (secondary N) is 1. The smallest absolute Gasteiger partial charge is 0.307 e. The summed E-state index contributed by atoms with van der Waals surface area (Å²) in [6.07, 6.45) is 1.45. The maximum absolute atomic E-state index is 12.9. The van der Waals surface area contributed by atoms with Gasteiger partial charge in [0.2, 0.25) is 0 Å². The Morgan fingerprint density at radius 2 is 1.83 bits per heavy atom. The van der Waals surface area contributed by atoms with Crippen LogP contribution in [0.5, 0.6) is 0 Å². The molecule has 23 heavy (non-hydrogen) atoms. The summed E-state index contributed by atoms with van der Waals surface area (Å²) in [5, 5.41) is 2.83. The van der Waals surface area contributed by atoms with Crippen molar-refractivity contribution in [3.05, 3.63) is 78.1 Å². The number of carbonyl (C=O) groups is 1. The Hall–Kier alpha value is -2.95. The fourth-order valence-electron chi connectivity index (χ4n) is 2.21. The predicted molar refractivity (Wildman–Crippen MR) is 84.2 cm³/mol. The summed E-state index contributed by atoms with van der Waals surface area (Å²) in [5.41, 5.74) is 1.65. The van der Waals surface area contributed by atoms with Gasteiger partial charge in [0.1, 0.15) is 5.82 Å². The van der Waals surface area contributed by atoms with E-state index in [9.17, 15) is 9.18 Å². The maximum atomic E-state index is 12.9. The second-order valence-corrected chi connectivity index (χ2v) is 5.14. The molecule has 0 unspecified atom stereocenters. The number of aromatic nitrogens is 1. The molecule has 0 radical (unpaired) electrons. The summed E-state index contributed by atoms with van der Waals surface area (Å²) in [4.78, 5) is 16.2. The summed E-state index contributed by atoms with van der Waals surface area (Å²) in [5.74, 6) is -0.327. The molecule has 0 aliphatic heterocycles. The van der Waals surface area contributed by atoms with Gasteiger partial charge in [0, 0.05) is 5.56 Å². The third-order valence-corrected chi connectivity index (χ3v) is 3.48. The van der Waals surface area contributed by atoms with Crippen molar-refractivity contribution in [3.63, 3.8) is 0 Å². The molecular formula is C18H15FN2O2. The number of carbonyl (C=O) groups excluding carboxylic acids is 1. The lowest BCUT2D eigenvalue weighted by atomic mass is 10.1. The normalized spacial score (nSPS) is 11.9. The molecule has 0 fully saturated rings. The zero-order chi connectivity index (χ0) is 16.2. The maximum Gasteiger partial charge on any atom is 0.307 e. The van der Waals surface area contributed by atoms with E-state index in [4.69, 9.17) is 4.42 Å². The molecule has 1 atom stereocenters. The van der Waals surface area contributed by atoms with Gasteiger partial charge in [0.05, 0.1) is 12.2 Å². The molecule has 1 aromatic heterocycles. The first-order valence-electron chi connectivity index (χ1n) is 7.21. The van der Waals surface area contributed by atoms with Gasteiger partial charge in [0.15, 0.2) is 5.76 Å². The van der Waals surface area contributed by atoms with E-state index in [0.29, 0.717) is 11.3 Å². The average Bonchev–Trinajstić information content (AvgIpc) is 3.06. The fourth-order valence-corrected chi connectivity index (χ4v) is 2.21. The van der Waals surface area contributed by atoms with E-state index in [1.165, 1.54) is 18.3 Å². The van der Waals surface area contributed by atoms with Crippen LogP contribution < -0.4 is 5.32 Å². The summed E-state index contributed by atoms with van der Waals surface area (Å²) in [6.45, 7) is 1.89. The van der Waals surface area contributed by atoms with Gasteiger partial charge in [-0.2, -0.15) is 0 Å². The molecule has 3 aromatic rings. The summed E-state index contributed by atoms with van der Waals surface area (Å²) >= 11 is 0. The van der Waals surface area contributed by atoms with Gasteiger partial charge in [0.25, 0.3) is 5.89 Å². The molecule has 0 aliphatic carbocycles. The van der Waals surface area contributed by atoms with Crippen LogP contribution in [0, 0.1) is 5.82 Å². The molecule has 0 spiro atoms. The molecule has 116 valence electrons. The van der Waals surface area contributed by atoms with Crippen molar-refractivity contribution in [2.75, 3.05) is 0 Å². The van der Waals surface area contributed by atoms with Crippen molar-refractivity contribution in [1.82, 2.24) is 10.3 Å². The topological polar surface area (TPSA) is 55.1 Å². The number of benzene rings is 2. The molecule has 4 nitrogen and oxygen atoms in total. The number of amides is 1. The van der Waals surface area contributed by atoms with Gasteiger partial charge in [-0.15, -0.1) is 0 Å². The molecular weight excluding hydrogens is 295 g/mol. The second-order valence-electron chi connectivity index (χ2n) is 5.14. The summed E-state index contributed by atoms with van der Waals surface area (Å²) in [6, 6.07) is 15.3. The van der Waals surface area contributed by atoms with E-state index < -0.39 is 5.91 Å². The lowest BCUT2D eigenvalue weighted by molar-refractivity contribution is 0.0905. The van der Waals surface area contributed by atoms with Gasteiger partial charge in [-0.1, -0.05) is 30.3 Å². The molecule has 2 aromatic carbocycles. The zero-order valence-electron chi connectivity index (χ0n) is 12.5. The number of nitrogens with zero attached hydrogens (tertiary/aromatic N) is 1. The molecule has 0 saturated carbocycles. The van der Waals surface area contributed by atoms with Crippen LogP contribution >= 0.6 is 0 Å². The van der Waals surface area contributed by atoms with Crippen LogP contribution in [0.1, 0.15) is 29.2 Å². The van der Waals surface area contributed by atoms with Gasteiger partial charge in [-0.3, -0.25) is 4.79 Å². The van der Waals surface area contributed by atoms with E-state index in [1.54, 1.807) is 12.1 Å². The quantitative estimate of drug-likeness (QED) is 0.793. The highest BCUT2D eigenvalue weighted by molar-refractivity contribution is 5.90. The van der Waals surface area contributed by atoms with Crippen LogP contribution in [0.2, 0.25) is 0 Å². The monoisotopic (exact) mass is 310 g/mol. The Kier molecular flexibility index (Phi) is 4.19. The highest BCUT2D eigenvalue weighted by Gasteiger charge is 2.17. The van der Waals surface area contributed by atoms with Crippen LogP contribution in [0.4, 0.5) is 4.39 Å². The minimum atomic E-state index is -0.394. The highest BCUT2D eigenvalue weighted by Crippen LogP contribution is 2.21. The third kappa shape index (κ3) is 3.45. The molecule has 1 amide bonds. The standard InChI is InChI=1S/C18H15FN2O2/c1-12(13-5-3-2-4-6-13)21-17(22)18-20-11-16(23-18)14-7-9-15(19)10-8-14/h2-12H,1H3,(H,21,22)/t12-/m0/s1. The fraction of sp³-hybridized carbons (Fsp3) is 0.111. The van der Waals surface area contributed by atoms with Gasteiger partial charge >= 0.3 is 5.91 Å². The molecule has 0 bridgehead atoms. The van der Waals surface area contributed by atoms with Crippen molar-refractivity contribution < 1.29 is 13.6 Å². The molecule has 1 N–H and O–H groups in total. The van der Waals surface area contributed by atoms with Crippen LogP contribution in [-0.4, -0.2) is 10.9 Å². The SMILES string of the molecule is C[C@H](NC(=O)c1ncc(-c2ccc(F)cc2)o1)c1ccccc1.